The fourth-order valence-electron chi connectivity index (χ4n) is 2.14. The van der Waals surface area contributed by atoms with Gasteiger partial charge in [-0.15, -0.1) is 0 Å². The number of hydrogen-bond acceptors (Lipinski definition) is 7. The van der Waals surface area contributed by atoms with E-state index in [9.17, 15) is 9.59 Å². The lowest BCUT2D eigenvalue weighted by atomic mass is 10.3. The predicted molar refractivity (Wildman–Crippen MR) is 96.9 cm³/mol. The molecule has 0 aliphatic heterocycles. The van der Waals surface area contributed by atoms with Gasteiger partial charge in [-0.2, -0.15) is 0 Å². The lowest BCUT2D eigenvalue weighted by molar-refractivity contribution is -0.137. The molecule has 10 heteroatoms. The van der Waals surface area contributed by atoms with Gasteiger partial charge in [-0.25, -0.2) is 14.8 Å². The molecule has 1 aromatic carbocycles. The van der Waals surface area contributed by atoms with Crippen molar-refractivity contribution in [2.24, 2.45) is 0 Å². The standard InChI is InChI=1S/C15H12ClN3O5.C2H6O/c16-9-6-10-12(24-15(22)19(10)5-2-14(20)21)7-11(9)23-8-13-17-3-1-4-18-13;1-2-3/h1,3-4,6-7H,2,5,8H2,(H,20,21);3H,2H2,1H3. The number of carboxylic acid groups (broad SMARTS) is 1. The van der Waals surface area contributed by atoms with Gasteiger partial charge in [0, 0.05) is 31.6 Å². The van der Waals surface area contributed by atoms with Crippen molar-refractivity contribution < 1.29 is 24.2 Å². The molecule has 0 spiro atoms. The van der Waals surface area contributed by atoms with E-state index in [4.69, 9.17) is 31.0 Å². The Morgan fingerprint density at radius 1 is 1.33 bits per heavy atom. The Labute approximate surface area is 158 Å². The van der Waals surface area contributed by atoms with Crippen molar-refractivity contribution in [1.29, 1.82) is 0 Å². The normalized spacial score (nSPS) is 10.3. The third-order valence-electron chi connectivity index (χ3n) is 3.25. The predicted octanol–water partition coefficient (Wildman–Crippen LogP) is 2.09. The smallest absolute Gasteiger partial charge is 0.419 e. The molecule has 0 saturated heterocycles. The number of aliphatic hydroxyl groups excluding tert-OH is 1. The number of halogens is 1. The molecule has 0 aliphatic rings. The number of ether oxygens (including phenoxy) is 1. The monoisotopic (exact) mass is 395 g/mol. The minimum absolute atomic E-state index is 0.00441. The van der Waals surface area contributed by atoms with Crippen LogP contribution in [0.25, 0.3) is 11.1 Å². The molecule has 0 bridgehead atoms. The third kappa shape index (κ3) is 5.53. The first-order chi connectivity index (χ1) is 13.0. The zero-order valence-electron chi connectivity index (χ0n) is 14.5. The van der Waals surface area contributed by atoms with Gasteiger partial charge in [-0.3, -0.25) is 9.36 Å². The molecule has 144 valence electrons. The molecule has 9 nitrogen and oxygen atoms in total. The van der Waals surface area contributed by atoms with Crippen LogP contribution in [0.5, 0.6) is 5.75 Å². The Morgan fingerprint density at radius 2 is 2.00 bits per heavy atom. The summed E-state index contributed by atoms with van der Waals surface area (Å²) in [6.07, 6.45) is 2.99. The number of carbonyl (C=O) groups is 1. The van der Waals surface area contributed by atoms with Gasteiger partial charge in [0.2, 0.25) is 0 Å². The first kappa shape index (κ1) is 20.4. The molecule has 0 amide bonds. The van der Waals surface area contributed by atoms with Gasteiger partial charge in [0.15, 0.2) is 11.4 Å². The van der Waals surface area contributed by atoms with E-state index >= 15 is 0 Å². The molecule has 0 aliphatic carbocycles. The van der Waals surface area contributed by atoms with Crippen LogP contribution in [-0.4, -0.2) is 37.3 Å². The summed E-state index contributed by atoms with van der Waals surface area (Å²) in [7, 11) is 0. The molecule has 3 aromatic rings. The molecular formula is C17H18ClN3O6. The number of aliphatic carboxylic acids is 1. The van der Waals surface area contributed by atoms with Crippen LogP contribution in [0.2, 0.25) is 5.02 Å². The van der Waals surface area contributed by atoms with Gasteiger partial charge in [-0.1, -0.05) is 11.6 Å². The Bertz CT molecular complexity index is 954. The van der Waals surface area contributed by atoms with E-state index in [0.29, 0.717) is 17.1 Å². The first-order valence-corrected chi connectivity index (χ1v) is 8.38. The van der Waals surface area contributed by atoms with Crippen molar-refractivity contribution in [3.8, 4) is 5.75 Å². The molecule has 0 fully saturated rings. The van der Waals surface area contributed by atoms with Gasteiger partial charge in [0.25, 0.3) is 0 Å². The van der Waals surface area contributed by atoms with Crippen molar-refractivity contribution in [3.63, 3.8) is 0 Å². The summed E-state index contributed by atoms with van der Waals surface area (Å²) in [6, 6.07) is 4.68. The minimum Gasteiger partial charge on any atom is -0.484 e. The number of hydrogen-bond donors (Lipinski definition) is 2. The summed E-state index contributed by atoms with van der Waals surface area (Å²) in [4.78, 5) is 30.6. The SMILES string of the molecule is CCO.O=C(O)CCn1c(=O)oc2cc(OCc3ncccn3)c(Cl)cc21. The molecule has 3 rings (SSSR count). The summed E-state index contributed by atoms with van der Waals surface area (Å²) in [5.74, 6) is -0.860. The molecule has 0 atom stereocenters. The number of carboxylic acids is 1. The zero-order valence-corrected chi connectivity index (χ0v) is 15.2. The summed E-state index contributed by atoms with van der Waals surface area (Å²) in [5.41, 5.74) is 0.674. The van der Waals surface area contributed by atoms with Crippen LogP contribution >= 0.6 is 11.6 Å². The molecule has 2 heterocycles. The van der Waals surface area contributed by atoms with Gasteiger partial charge in [0.1, 0.15) is 12.4 Å². The van der Waals surface area contributed by atoms with E-state index in [1.54, 1.807) is 25.4 Å². The number of oxazole rings is 1. The second-order valence-corrected chi connectivity index (χ2v) is 5.59. The number of aryl methyl sites for hydroxylation is 1. The lowest BCUT2D eigenvalue weighted by Crippen LogP contribution is -2.16. The number of rotatable bonds is 6. The highest BCUT2D eigenvalue weighted by molar-refractivity contribution is 6.32. The second kappa shape index (κ2) is 9.70. The Balaban J connectivity index is 0.000000817. The van der Waals surface area contributed by atoms with Gasteiger partial charge >= 0.3 is 11.7 Å². The number of aliphatic hydroxyl groups is 1. The number of nitrogens with zero attached hydrogens (tertiary/aromatic N) is 3. The van der Waals surface area contributed by atoms with E-state index < -0.39 is 11.7 Å². The summed E-state index contributed by atoms with van der Waals surface area (Å²) in [5, 5.41) is 16.6. The maximum absolute atomic E-state index is 11.9. The van der Waals surface area contributed by atoms with Gasteiger partial charge < -0.3 is 19.4 Å². The van der Waals surface area contributed by atoms with Crippen molar-refractivity contribution in [2.75, 3.05) is 6.61 Å². The van der Waals surface area contributed by atoms with Crippen molar-refractivity contribution in [3.05, 3.63) is 52.0 Å². The van der Waals surface area contributed by atoms with Crippen molar-refractivity contribution in [2.45, 2.75) is 26.5 Å². The van der Waals surface area contributed by atoms with E-state index in [0.717, 1.165) is 0 Å². The lowest BCUT2D eigenvalue weighted by Gasteiger charge is -2.07. The zero-order chi connectivity index (χ0) is 19.8. The van der Waals surface area contributed by atoms with Crippen LogP contribution in [0, 0.1) is 0 Å². The maximum Gasteiger partial charge on any atom is 0.419 e. The molecule has 2 aromatic heterocycles. The average Bonchev–Trinajstić information content (AvgIpc) is 2.93. The fourth-order valence-corrected chi connectivity index (χ4v) is 2.35. The van der Waals surface area contributed by atoms with Crippen LogP contribution in [0.3, 0.4) is 0 Å². The molecule has 0 saturated carbocycles. The van der Waals surface area contributed by atoms with Gasteiger partial charge in [0.05, 0.1) is 17.0 Å². The van der Waals surface area contributed by atoms with Crippen molar-refractivity contribution in [1.82, 2.24) is 14.5 Å². The van der Waals surface area contributed by atoms with Gasteiger partial charge in [-0.05, 0) is 19.1 Å². The molecule has 0 unspecified atom stereocenters. The highest BCUT2D eigenvalue weighted by atomic mass is 35.5. The first-order valence-electron chi connectivity index (χ1n) is 8.00. The Morgan fingerprint density at radius 3 is 2.63 bits per heavy atom. The minimum atomic E-state index is -1.01. The second-order valence-electron chi connectivity index (χ2n) is 5.18. The molecule has 27 heavy (non-hydrogen) atoms. The Kier molecular flexibility index (Phi) is 7.33. The van der Waals surface area contributed by atoms with Crippen LogP contribution in [0.4, 0.5) is 0 Å². The quantitative estimate of drug-likeness (QED) is 0.649. The fraction of sp³-hybridized carbons (Fsp3) is 0.294. The number of benzene rings is 1. The average molecular weight is 396 g/mol. The largest absolute Gasteiger partial charge is 0.484 e. The Hall–Kier alpha value is -2.91. The summed E-state index contributed by atoms with van der Waals surface area (Å²) in [6.45, 7) is 2.03. The summed E-state index contributed by atoms with van der Waals surface area (Å²) >= 11 is 6.17. The number of fused-ring (bicyclic) bond motifs is 1. The van der Waals surface area contributed by atoms with E-state index in [2.05, 4.69) is 9.97 Å². The van der Waals surface area contributed by atoms with E-state index in [1.165, 1.54) is 16.7 Å². The summed E-state index contributed by atoms with van der Waals surface area (Å²) < 4.78 is 11.9. The molecular weight excluding hydrogens is 378 g/mol. The highest BCUT2D eigenvalue weighted by Crippen LogP contribution is 2.30. The number of aromatic nitrogens is 3. The maximum atomic E-state index is 11.9. The van der Waals surface area contributed by atoms with E-state index in [-0.39, 0.29) is 36.8 Å². The topological polar surface area (TPSA) is 128 Å². The van der Waals surface area contributed by atoms with E-state index in [1.807, 2.05) is 0 Å². The highest BCUT2D eigenvalue weighted by Gasteiger charge is 2.14. The van der Waals surface area contributed by atoms with Crippen LogP contribution < -0.4 is 10.5 Å². The molecule has 0 radical (unpaired) electrons. The molecule has 2 N–H and O–H groups in total. The van der Waals surface area contributed by atoms with Crippen LogP contribution in [0.1, 0.15) is 19.2 Å². The third-order valence-corrected chi connectivity index (χ3v) is 3.54. The van der Waals surface area contributed by atoms with Crippen LogP contribution in [-0.2, 0) is 17.9 Å². The van der Waals surface area contributed by atoms with Crippen LogP contribution in [0.15, 0.2) is 39.8 Å². The van der Waals surface area contributed by atoms with Crippen molar-refractivity contribution >= 4 is 28.7 Å².